The van der Waals surface area contributed by atoms with Crippen molar-refractivity contribution in [3.63, 3.8) is 0 Å². The molecule has 0 aromatic carbocycles. The molecule has 0 radical (unpaired) electrons. The van der Waals surface area contributed by atoms with E-state index in [-0.39, 0.29) is 30.3 Å². The van der Waals surface area contributed by atoms with Crippen LogP contribution in [0.15, 0.2) is 0 Å². The average Bonchev–Trinajstić information content (AvgIpc) is 2.20. The van der Waals surface area contributed by atoms with E-state index >= 15 is 0 Å². The third-order valence-corrected chi connectivity index (χ3v) is 3.08. The summed E-state index contributed by atoms with van der Waals surface area (Å²) in [5.74, 6) is -0.0123. The molecule has 1 saturated carbocycles. The monoisotopic (exact) mass is 250 g/mol. The van der Waals surface area contributed by atoms with Crippen LogP contribution in [0.4, 0.5) is 0 Å². The molecule has 1 rings (SSSR count). The van der Waals surface area contributed by atoms with Crippen molar-refractivity contribution in [2.24, 2.45) is 11.7 Å². The van der Waals surface area contributed by atoms with Gasteiger partial charge < -0.3 is 16.2 Å². The van der Waals surface area contributed by atoms with Gasteiger partial charge in [0.25, 0.3) is 0 Å². The van der Waals surface area contributed by atoms with Gasteiger partial charge in [0.15, 0.2) is 0 Å². The van der Waals surface area contributed by atoms with Crippen molar-refractivity contribution in [1.82, 2.24) is 5.32 Å². The summed E-state index contributed by atoms with van der Waals surface area (Å²) < 4.78 is 0. The number of halogens is 1. The van der Waals surface area contributed by atoms with Gasteiger partial charge in [0.05, 0.1) is 18.2 Å². The summed E-state index contributed by atoms with van der Waals surface area (Å²) >= 11 is 0. The normalized spacial score (nSPS) is 27.1. The van der Waals surface area contributed by atoms with Gasteiger partial charge in [-0.1, -0.05) is 26.7 Å². The molecular formula is C11H23ClN2O2. The lowest BCUT2D eigenvalue weighted by molar-refractivity contribution is -0.125. The van der Waals surface area contributed by atoms with Crippen molar-refractivity contribution in [2.75, 3.05) is 0 Å². The van der Waals surface area contributed by atoms with Crippen LogP contribution in [-0.4, -0.2) is 29.2 Å². The van der Waals surface area contributed by atoms with Gasteiger partial charge in [-0.05, 0) is 18.8 Å². The van der Waals surface area contributed by atoms with Crippen LogP contribution < -0.4 is 11.1 Å². The summed E-state index contributed by atoms with van der Waals surface area (Å²) in [6.45, 7) is 3.84. The zero-order valence-corrected chi connectivity index (χ0v) is 10.8. The number of carbonyl (C=O) groups excluding carboxylic acids is 1. The fourth-order valence-corrected chi connectivity index (χ4v) is 1.86. The summed E-state index contributed by atoms with van der Waals surface area (Å²) in [7, 11) is 0. The largest absolute Gasteiger partial charge is 0.391 e. The van der Waals surface area contributed by atoms with Gasteiger partial charge in [-0.25, -0.2) is 0 Å². The molecule has 0 heterocycles. The smallest absolute Gasteiger partial charge is 0.237 e. The van der Waals surface area contributed by atoms with Gasteiger partial charge in [-0.15, -0.1) is 12.4 Å². The second kappa shape index (κ2) is 7.09. The molecule has 0 spiro atoms. The molecule has 3 atom stereocenters. The quantitative estimate of drug-likeness (QED) is 0.694. The van der Waals surface area contributed by atoms with E-state index in [9.17, 15) is 9.90 Å². The highest BCUT2D eigenvalue weighted by molar-refractivity contribution is 5.85. The summed E-state index contributed by atoms with van der Waals surface area (Å²) in [6, 6.07) is -0.574. The summed E-state index contributed by atoms with van der Waals surface area (Å²) in [5.41, 5.74) is 5.73. The Morgan fingerprint density at radius 1 is 1.38 bits per heavy atom. The lowest BCUT2D eigenvalue weighted by atomic mass is 9.92. The van der Waals surface area contributed by atoms with E-state index < -0.39 is 12.1 Å². The molecule has 0 aromatic rings. The Balaban J connectivity index is 0.00000225. The Hall–Kier alpha value is -0.320. The summed E-state index contributed by atoms with van der Waals surface area (Å²) in [5, 5.41) is 12.5. The van der Waals surface area contributed by atoms with E-state index in [1.165, 1.54) is 0 Å². The number of carbonyl (C=O) groups is 1. The predicted octanol–water partition coefficient (Wildman–Crippen LogP) is 0.811. The van der Waals surface area contributed by atoms with Crippen molar-refractivity contribution in [3.8, 4) is 0 Å². The molecule has 4 N–H and O–H groups in total. The fourth-order valence-electron chi connectivity index (χ4n) is 1.86. The van der Waals surface area contributed by atoms with Gasteiger partial charge in [-0.3, -0.25) is 4.79 Å². The Morgan fingerprint density at radius 3 is 2.44 bits per heavy atom. The lowest BCUT2D eigenvalue weighted by Gasteiger charge is -2.29. The maximum Gasteiger partial charge on any atom is 0.237 e. The maximum absolute atomic E-state index is 11.7. The van der Waals surface area contributed by atoms with Crippen molar-refractivity contribution in [2.45, 2.75) is 57.7 Å². The number of amides is 1. The van der Waals surface area contributed by atoms with Crippen molar-refractivity contribution < 1.29 is 9.90 Å². The van der Waals surface area contributed by atoms with Gasteiger partial charge in [0.1, 0.15) is 0 Å². The van der Waals surface area contributed by atoms with Crippen LogP contribution in [0.3, 0.4) is 0 Å². The number of aliphatic hydroxyl groups is 1. The molecule has 1 amide bonds. The first-order valence-electron chi connectivity index (χ1n) is 5.76. The minimum Gasteiger partial charge on any atom is -0.391 e. The van der Waals surface area contributed by atoms with Crippen LogP contribution in [-0.2, 0) is 4.79 Å². The summed E-state index contributed by atoms with van der Waals surface area (Å²) in [4.78, 5) is 11.7. The van der Waals surface area contributed by atoms with Crippen molar-refractivity contribution >= 4 is 18.3 Å². The highest BCUT2D eigenvalue weighted by Gasteiger charge is 2.27. The molecule has 5 heteroatoms. The van der Waals surface area contributed by atoms with Crippen LogP contribution in [0.5, 0.6) is 0 Å². The molecule has 0 aliphatic heterocycles. The van der Waals surface area contributed by atoms with Crippen LogP contribution in [0.25, 0.3) is 0 Å². The molecule has 16 heavy (non-hydrogen) atoms. The highest BCUT2D eigenvalue weighted by Crippen LogP contribution is 2.18. The first-order chi connectivity index (χ1) is 7.02. The van der Waals surface area contributed by atoms with Crippen molar-refractivity contribution in [3.05, 3.63) is 0 Å². The molecule has 1 aliphatic carbocycles. The second-order valence-electron chi connectivity index (χ2n) is 4.74. The Bertz CT molecular complexity index is 224. The first-order valence-corrected chi connectivity index (χ1v) is 5.76. The fraction of sp³-hybridized carbons (Fsp3) is 0.909. The standard InChI is InChI=1S/C11H22N2O2.ClH/c1-7(2)10(12)11(15)13-8-5-3-4-6-9(8)14;/h7-10,14H,3-6,12H2,1-2H3,(H,13,15);1H/t8-,9-,10?;/m1./s1. The lowest BCUT2D eigenvalue weighted by Crippen LogP contribution is -2.52. The van der Waals surface area contributed by atoms with E-state index in [1.807, 2.05) is 13.8 Å². The van der Waals surface area contributed by atoms with Gasteiger partial charge in [0.2, 0.25) is 5.91 Å². The Kier molecular flexibility index (Phi) is 6.95. The second-order valence-corrected chi connectivity index (χ2v) is 4.74. The zero-order chi connectivity index (χ0) is 11.4. The van der Waals surface area contributed by atoms with Gasteiger partial charge in [-0.2, -0.15) is 0 Å². The summed E-state index contributed by atoms with van der Waals surface area (Å²) in [6.07, 6.45) is 3.35. The predicted molar refractivity (Wildman–Crippen MR) is 66.5 cm³/mol. The van der Waals surface area contributed by atoms with Crippen LogP contribution in [0, 0.1) is 5.92 Å². The third-order valence-electron chi connectivity index (χ3n) is 3.08. The number of rotatable bonds is 3. The molecule has 0 bridgehead atoms. The number of hydrogen-bond acceptors (Lipinski definition) is 3. The number of aliphatic hydroxyl groups excluding tert-OH is 1. The van der Waals surface area contributed by atoms with Crippen LogP contribution >= 0.6 is 12.4 Å². The van der Waals surface area contributed by atoms with E-state index in [1.54, 1.807) is 0 Å². The topological polar surface area (TPSA) is 75.4 Å². The molecule has 1 fully saturated rings. The molecule has 0 aromatic heterocycles. The Labute approximate surface area is 103 Å². The van der Waals surface area contributed by atoms with Crippen LogP contribution in [0.1, 0.15) is 39.5 Å². The maximum atomic E-state index is 11.7. The van der Waals surface area contributed by atoms with Gasteiger partial charge in [0, 0.05) is 0 Å². The van der Waals surface area contributed by atoms with E-state index in [2.05, 4.69) is 5.32 Å². The molecule has 1 unspecified atom stereocenters. The minimum absolute atomic E-state index is 0. The molecule has 0 saturated heterocycles. The average molecular weight is 251 g/mol. The zero-order valence-electron chi connectivity index (χ0n) is 9.98. The number of nitrogens with two attached hydrogens (primary N) is 1. The van der Waals surface area contributed by atoms with E-state index in [4.69, 9.17) is 5.73 Å². The highest BCUT2D eigenvalue weighted by atomic mass is 35.5. The molecule has 1 aliphatic rings. The minimum atomic E-state index is -0.473. The van der Waals surface area contributed by atoms with Gasteiger partial charge >= 0.3 is 0 Å². The third kappa shape index (κ3) is 4.28. The number of nitrogens with one attached hydrogen (secondary N) is 1. The van der Waals surface area contributed by atoms with E-state index in [0.29, 0.717) is 0 Å². The van der Waals surface area contributed by atoms with E-state index in [0.717, 1.165) is 25.7 Å². The van der Waals surface area contributed by atoms with Crippen molar-refractivity contribution in [1.29, 1.82) is 0 Å². The Morgan fingerprint density at radius 2 is 1.94 bits per heavy atom. The molecule has 96 valence electrons. The first kappa shape index (κ1) is 15.7. The molecular weight excluding hydrogens is 228 g/mol. The SMILES string of the molecule is CC(C)C(N)C(=O)N[C@@H]1CCCC[C@H]1O.Cl. The molecule has 4 nitrogen and oxygen atoms in total. The van der Waals surface area contributed by atoms with Crippen LogP contribution in [0.2, 0.25) is 0 Å². The number of hydrogen-bond donors (Lipinski definition) is 3.